The van der Waals surface area contributed by atoms with E-state index in [-0.39, 0.29) is 23.8 Å². The Morgan fingerprint density at radius 3 is 2.74 bits per heavy atom. The van der Waals surface area contributed by atoms with Gasteiger partial charge in [-0.2, -0.15) is 0 Å². The Morgan fingerprint density at radius 1 is 1.42 bits per heavy atom. The van der Waals surface area contributed by atoms with Crippen LogP contribution in [-0.4, -0.2) is 35.6 Å². The molecule has 104 valence electrons. The van der Waals surface area contributed by atoms with E-state index in [1.54, 1.807) is 18.3 Å². The Morgan fingerprint density at radius 2 is 2.11 bits per heavy atom. The van der Waals surface area contributed by atoms with Crippen LogP contribution >= 0.6 is 0 Å². The normalized spacial score (nSPS) is 16.4. The van der Waals surface area contributed by atoms with Crippen LogP contribution in [0.2, 0.25) is 0 Å². The predicted molar refractivity (Wildman–Crippen MR) is 72.2 cm³/mol. The van der Waals surface area contributed by atoms with E-state index in [2.05, 4.69) is 6.92 Å². The summed E-state index contributed by atoms with van der Waals surface area (Å²) >= 11 is 0. The third-order valence-corrected chi connectivity index (χ3v) is 3.65. The number of likely N-dealkylation sites (tertiary alicyclic amines) is 1. The van der Waals surface area contributed by atoms with Crippen LogP contribution in [0, 0.1) is 5.92 Å². The zero-order valence-corrected chi connectivity index (χ0v) is 11.5. The molecule has 2 heterocycles. The van der Waals surface area contributed by atoms with E-state index in [9.17, 15) is 9.59 Å². The SMILES string of the molecule is COc1cccn(CC(=O)N2CCC(C)CC2)c1=O. The topological polar surface area (TPSA) is 51.5 Å². The van der Waals surface area contributed by atoms with Gasteiger partial charge >= 0.3 is 0 Å². The minimum absolute atomic E-state index is 0.00209. The molecule has 0 unspecified atom stereocenters. The average Bonchev–Trinajstić information content (AvgIpc) is 2.42. The molecular formula is C14H20N2O3. The lowest BCUT2D eigenvalue weighted by Crippen LogP contribution is -2.41. The van der Waals surface area contributed by atoms with Crippen LogP contribution in [-0.2, 0) is 11.3 Å². The van der Waals surface area contributed by atoms with Gasteiger partial charge in [0.2, 0.25) is 5.91 Å². The monoisotopic (exact) mass is 264 g/mol. The predicted octanol–water partition coefficient (Wildman–Crippen LogP) is 1.12. The second kappa shape index (κ2) is 5.91. The van der Waals surface area contributed by atoms with Crippen molar-refractivity contribution in [1.29, 1.82) is 0 Å². The van der Waals surface area contributed by atoms with Crippen molar-refractivity contribution in [2.45, 2.75) is 26.3 Å². The maximum Gasteiger partial charge on any atom is 0.293 e. The highest BCUT2D eigenvalue weighted by atomic mass is 16.5. The molecule has 5 heteroatoms. The highest BCUT2D eigenvalue weighted by Crippen LogP contribution is 2.16. The van der Waals surface area contributed by atoms with E-state index in [0.717, 1.165) is 25.9 Å². The quantitative estimate of drug-likeness (QED) is 0.822. The number of carbonyl (C=O) groups excluding carboxylic acids is 1. The maximum absolute atomic E-state index is 12.2. The molecule has 1 aromatic rings. The molecule has 0 aliphatic carbocycles. The number of ether oxygens (including phenoxy) is 1. The molecule has 0 bridgehead atoms. The van der Waals surface area contributed by atoms with Crippen molar-refractivity contribution in [3.05, 3.63) is 28.7 Å². The molecule has 19 heavy (non-hydrogen) atoms. The lowest BCUT2D eigenvalue weighted by Gasteiger charge is -2.30. The Balaban J connectivity index is 2.05. The van der Waals surface area contributed by atoms with E-state index >= 15 is 0 Å². The van der Waals surface area contributed by atoms with Gasteiger partial charge in [0, 0.05) is 19.3 Å². The minimum Gasteiger partial charge on any atom is -0.491 e. The molecule has 0 N–H and O–H groups in total. The molecule has 1 saturated heterocycles. The molecule has 1 fully saturated rings. The number of methoxy groups -OCH3 is 1. The summed E-state index contributed by atoms with van der Waals surface area (Å²) in [7, 11) is 1.45. The van der Waals surface area contributed by atoms with Gasteiger partial charge in [0.1, 0.15) is 6.54 Å². The maximum atomic E-state index is 12.2. The molecule has 0 aromatic carbocycles. The zero-order chi connectivity index (χ0) is 13.8. The second-order valence-corrected chi connectivity index (χ2v) is 5.07. The van der Waals surface area contributed by atoms with Crippen LogP contribution in [0.1, 0.15) is 19.8 Å². The number of rotatable bonds is 3. The van der Waals surface area contributed by atoms with Crippen molar-refractivity contribution in [3.8, 4) is 5.75 Å². The fourth-order valence-electron chi connectivity index (χ4n) is 2.30. The van der Waals surface area contributed by atoms with Crippen molar-refractivity contribution in [2.24, 2.45) is 5.92 Å². The Bertz CT molecular complexity index is 502. The Labute approximate surface area is 112 Å². The smallest absolute Gasteiger partial charge is 0.293 e. The van der Waals surface area contributed by atoms with Gasteiger partial charge in [-0.1, -0.05) is 6.92 Å². The Hall–Kier alpha value is -1.78. The van der Waals surface area contributed by atoms with Crippen LogP contribution in [0.3, 0.4) is 0 Å². The number of hydrogen-bond acceptors (Lipinski definition) is 3. The number of pyridine rings is 1. The third kappa shape index (κ3) is 3.16. The van der Waals surface area contributed by atoms with Gasteiger partial charge < -0.3 is 14.2 Å². The lowest BCUT2D eigenvalue weighted by molar-refractivity contribution is -0.133. The number of piperidine rings is 1. The van der Waals surface area contributed by atoms with Crippen LogP contribution in [0.25, 0.3) is 0 Å². The number of nitrogens with zero attached hydrogens (tertiary/aromatic N) is 2. The van der Waals surface area contributed by atoms with Gasteiger partial charge in [0.05, 0.1) is 7.11 Å². The highest BCUT2D eigenvalue weighted by Gasteiger charge is 2.20. The van der Waals surface area contributed by atoms with Gasteiger partial charge in [-0.15, -0.1) is 0 Å². The fraction of sp³-hybridized carbons (Fsp3) is 0.571. The number of aromatic nitrogens is 1. The van der Waals surface area contributed by atoms with Crippen molar-refractivity contribution in [1.82, 2.24) is 9.47 Å². The standard InChI is InChI=1S/C14H20N2O3/c1-11-5-8-15(9-6-11)13(17)10-16-7-3-4-12(19-2)14(16)18/h3-4,7,11H,5-6,8-10H2,1-2H3. The van der Waals surface area contributed by atoms with Crippen molar-refractivity contribution < 1.29 is 9.53 Å². The first kappa shape index (κ1) is 13.6. The molecule has 2 rings (SSSR count). The van der Waals surface area contributed by atoms with Crippen LogP contribution in [0.5, 0.6) is 5.75 Å². The molecule has 5 nitrogen and oxygen atoms in total. The zero-order valence-electron chi connectivity index (χ0n) is 11.5. The van der Waals surface area contributed by atoms with Gasteiger partial charge in [-0.05, 0) is 30.9 Å². The molecule has 0 radical (unpaired) electrons. The summed E-state index contributed by atoms with van der Waals surface area (Å²) in [6.45, 7) is 3.87. The molecule has 0 atom stereocenters. The van der Waals surface area contributed by atoms with Gasteiger partial charge in [0.25, 0.3) is 5.56 Å². The van der Waals surface area contributed by atoms with Gasteiger partial charge in [-0.3, -0.25) is 9.59 Å². The summed E-state index contributed by atoms with van der Waals surface area (Å²) < 4.78 is 6.37. The number of hydrogen-bond donors (Lipinski definition) is 0. The van der Waals surface area contributed by atoms with E-state index in [4.69, 9.17) is 4.74 Å². The molecule has 0 saturated carbocycles. The molecule has 1 aliphatic heterocycles. The molecule has 1 amide bonds. The Kier molecular flexibility index (Phi) is 4.24. The lowest BCUT2D eigenvalue weighted by atomic mass is 9.99. The summed E-state index contributed by atoms with van der Waals surface area (Å²) in [6.07, 6.45) is 3.70. The van der Waals surface area contributed by atoms with Crippen molar-refractivity contribution in [3.63, 3.8) is 0 Å². The van der Waals surface area contributed by atoms with Crippen LogP contribution in [0.15, 0.2) is 23.1 Å². The first-order valence-electron chi connectivity index (χ1n) is 6.63. The van der Waals surface area contributed by atoms with Crippen molar-refractivity contribution in [2.75, 3.05) is 20.2 Å². The molecule has 0 spiro atoms. The van der Waals surface area contributed by atoms with Crippen molar-refractivity contribution >= 4 is 5.91 Å². The summed E-state index contributed by atoms with van der Waals surface area (Å²) in [6, 6.07) is 3.32. The summed E-state index contributed by atoms with van der Waals surface area (Å²) in [5, 5.41) is 0. The largest absolute Gasteiger partial charge is 0.491 e. The van der Waals surface area contributed by atoms with E-state index in [0.29, 0.717) is 5.92 Å². The van der Waals surface area contributed by atoms with Gasteiger partial charge in [-0.25, -0.2) is 0 Å². The first-order chi connectivity index (χ1) is 9.11. The third-order valence-electron chi connectivity index (χ3n) is 3.65. The fourth-order valence-corrected chi connectivity index (χ4v) is 2.30. The number of amides is 1. The summed E-state index contributed by atoms with van der Waals surface area (Å²) in [4.78, 5) is 25.9. The average molecular weight is 264 g/mol. The van der Waals surface area contributed by atoms with Crippen LogP contribution in [0.4, 0.5) is 0 Å². The minimum atomic E-state index is -0.260. The number of carbonyl (C=O) groups is 1. The second-order valence-electron chi connectivity index (χ2n) is 5.07. The highest BCUT2D eigenvalue weighted by molar-refractivity contribution is 5.76. The molecule has 1 aromatic heterocycles. The van der Waals surface area contributed by atoms with Crippen LogP contribution < -0.4 is 10.3 Å². The molecule has 1 aliphatic rings. The first-order valence-corrected chi connectivity index (χ1v) is 6.63. The molecular weight excluding hydrogens is 244 g/mol. The van der Waals surface area contributed by atoms with E-state index < -0.39 is 0 Å². The van der Waals surface area contributed by atoms with E-state index in [1.165, 1.54) is 11.7 Å². The van der Waals surface area contributed by atoms with E-state index in [1.807, 2.05) is 4.90 Å². The van der Waals surface area contributed by atoms with Gasteiger partial charge in [0.15, 0.2) is 5.75 Å². The summed E-state index contributed by atoms with van der Waals surface area (Å²) in [5.74, 6) is 0.952. The summed E-state index contributed by atoms with van der Waals surface area (Å²) in [5.41, 5.74) is -0.260.